The topological polar surface area (TPSA) is 29.5 Å². The molecule has 0 aromatic heterocycles. The molecule has 3 atom stereocenters. The number of carbonyl (C=O) groups excluding carboxylic acids is 1. The number of fused-ring (bicyclic) bond motifs is 2. The maximum Gasteiger partial charge on any atom is 0.331 e. The van der Waals surface area contributed by atoms with Crippen LogP contribution in [0.15, 0.2) is 36.4 Å². The molecule has 1 aromatic rings. The highest BCUT2D eigenvalue weighted by atomic mass is 16.5. The van der Waals surface area contributed by atoms with E-state index < -0.39 is 0 Å². The molecule has 0 radical (unpaired) electrons. The highest BCUT2D eigenvalue weighted by molar-refractivity contribution is 5.87. The van der Waals surface area contributed by atoms with Gasteiger partial charge in [0.2, 0.25) is 0 Å². The van der Waals surface area contributed by atoms with Crippen LogP contribution in [0.5, 0.6) is 0 Å². The van der Waals surface area contributed by atoms with Crippen LogP contribution in [0, 0.1) is 0 Å². The molecule has 3 nitrogen and oxygen atoms in total. The lowest BCUT2D eigenvalue weighted by atomic mass is 10.0. The van der Waals surface area contributed by atoms with Crippen LogP contribution in [0.2, 0.25) is 0 Å². The molecule has 0 spiro atoms. The van der Waals surface area contributed by atoms with Crippen molar-refractivity contribution in [2.45, 2.75) is 43.9 Å². The van der Waals surface area contributed by atoms with Crippen LogP contribution in [0.25, 0.3) is 6.08 Å². The minimum absolute atomic E-state index is 0.0941. The molecule has 2 aliphatic rings. The van der Waals surface area contributed by atoms with Gasteiger partial charge in [0, 0.05) is 31.0 Å². The van der Waals surface area contributed by atoms with Gasteiger partial charge in [-0.15, -0.1) is 0 Å². The Morgan fingerprint density at radius 3 is 2.50 bits per heavy atom. The van der Waals surface area contributed by atoms with Gasteiger partial charge < -0.3 is 9.64 Å². The molecule has 106 valence electrons. The van der Waals surface area contributed by atoms with Crippen molar-refractivity contribution >= 4 is 12.0 Å². The van der Waals surface area contributed by atoms with Gasteiger partial charge in [0.25, 0.3) is 0 Å². The van der Waals surface area contributed by atoms with E-state index in [9.17, 15) is 4.79 Å². The molecule has 20 heavy (non-hydrogen) atoms. The van der Waals surface area contributed by atoms with E-state index in [4.69, 9.17) is 4.74 Å². The summed E-state index contributed by atoms with van der Waals surface area (Å²) >= 11 is 0. The van der Waals surface area contributed by atoms with Gasteiger partial charge in [0.05, 0.1) is 0 Å². The fourth-order valence-corrected chi connectivity index (χ4v) is 3.39. The SMILES string of the molecule is CN1[C@@H]2CC[C@H]1CC(OC(=O)C=Cc1ccccc1)C2. The molecular formula is C17H21NO2. The van der Waals surface area contributed by atoms with Crippen LogP contribution in [0.1, 0.15) is 31.2 Å². The van der Waals surface area contributed by atoms with Crippen LogP contribution >= 0.6 is 0 Å². The zero-order valence-electron chi connectivity index (χ0n) is 11.9. The summed E-state index contributed by atoms with van der Waals surface area (Å²) in [6.45, 7) is 0. The third-order valence-electron chi connectivity index (χ3n) is 4.55. The lowest BCUT2D eigenvalue weighted by Crippen LogP contribution is -2.43. The Morgan fingerprint density at radius 2 is 1.85 bits per heavy atom. The maximum absolute atomic E-state index is 11.9. The zero-order chi connectivity index (χ0) is 13.9. The molecule has 2 bridgehead atoms. The fourth-order valence-electron chi connectivity index (χ4n) is 3.39. The van der Waals surface area contributed by atoms with E-state index in [-0.39, 0.29) is 12.1 Å². The van der Waals surface area contributed by atoms with Crippen molar-refractivity contribution in [1.82, 2.24) is 4.90 Å². The first-order chi connectivity index (χ1) is 9.72. The Kier molecular flexibility index (Phi) is 3.88. The van der Waals surface area contributed by atoms with Gasteiger partial charge in [-0.1, -0.05) is 30.3 Å². The van der Waals surface area contributed by atoms with Gasteiger partial charge >= 0.3 is 5.97 Å². The van der Waals surface area contributed by atoms with E-state index in [1.54, 1.807) is 0 Å². The average molecular weight is 271 g/mol. The molecular weight excluding hydrogens is 250 g/mol. The van der Waals surface area contributed by atoms with Crippen molar-refractivity contribution in [3.63, 3.8) is 0 Å². The first-order valence-corrected chi connectivity index (χ1v) is 7.38. The number of benzene rings is 1. The van der Waals surface area contributed by atoms with E-state index in [1.807, 2.05) is 36.4 Å². The quantitative estimate of drug-likeness (QED) is 0.625. The molecule has 0 N–H and O–H groups in total. The second-order valence-electron chi connectivity index (χ2n) is 5.82. The molecule has 2 saturated heterocycles. The number of hydrogen-bond donors (Lipinski definition) is 0. The number of nitrogens with zero attached hydrogens (tertiary/aromatic N) is 1. The molecule has 2 aliphatic heterocycles. The predicted octanol–water partition coefficient (Wildman–Crippen LogP) is 2.87. The summed E-state index contributed by atoms with van der Waals surface area (Å²) in [5.41, 5.74) is 1.02. The summed E-state index contributed by atoms with van der Waals surface area (Å²) in [7, 11) is 2.19. The molecule has 0 amide bonds. The monoisotopic (exact) mass is 271 g/mol. The number of rotatable bonds is 3. The largest absolute Gasteiger partial charge is 0.459 e. The molecule has 2 heterocycles. The highest BCUT2D eigenvalue weighted by Crippen LogP contribution is 2.35. The Labute approximate surface area is 120 Å². The van der Waals surface area contributed by atoms with Crippen molar-refractivity contribution in [3.8, 4) is 0 Å². The van der Waals surface area contributed by atoms with E-state index in [0.717, 1.165) is 18.4 Å². The van der Waals surface area contributed by atoms with Crippen molar-refractivity contribution in [3.05, 3.63) is 42.0 Å². The smallest absolute Gasteiger partial charge is 0.331 e. The average Bonchev–Trinajstić information content (AvgIpc) is 2.68. The second kappa shape index (κ2) is 5.80. The summed E-state index contributed by atoms with van der Waals surface area (Å²) in [5.74, 6) is -0.220. The Balaban J connectivity index is 1.54. The van der Waals surface area contributed by atoms with Gasteiger partial charge in [0.1, 0.15) is 6.10 Å². The number of piperidine rings is 1. The van der Waals surface area contributed by atoms with Crippen LogP contribution in [0.4, 0.5) is 0 Å². The number of ether oxygens (including phenoxy) is 1. The van der Waals surface area contributed by atoms with E-state index in [0.29, 0.717) is 12.1 Å². The van der Waals surface area contributed by atoms with Crippen LogP contribution < -0.4 is 0 Å². The Bertz CT molecular complexity index is 483. The lowest BCUT2D eigenvalue weighted by molar-refractivity contribution is -0.146. The van der Waals surface area contributed by atoms with Crippen molar-refractivity contribution in [2.24, 2.45) is 0 Å². The van der Waals surface area contributed by atoms with Gasteiger partial charge in [-0.25, -0.2) is 4.79 Å². The molecule has 1 unspecified atom stereocenters. The summed E-state index contributed by atoms with van der Waals surface area (Å²) in [6.07, 6.45) is 7.90. The van der Waals surface area contributed by atoms with Gasteiger partial charge in [-0.05, 0) is 31.5 Å². The third-order valence-corrected chi connectivity index (χ3v) is 4.55. The molecule has 3 rings (SSSR count). The first-order valence-electron chi connectivity index (χ1n) is 7.38. The normalized spacial score (nSPS) is 29.8. The third kappa shape index (κ3) is 2.93. The summed E-state index contributed by atoms with van der Waals surface area (Å²) in [4.78, 5) is 14.3. The summed E-state index contributed by atoms with van der Waals surface area (Å²) in [6, 6.07) is 11.0. The van der Waals surface area contributed by atoms with Gasteiger partial charge in [-0.3, -0.25) is 0 Å². The van der Waals surface area contributed by atoms with Crippen LogP contribution in [-0.2, 0) is 9.53 Å². The second-order valence-corrected chi connectivity index (χ2v) is 5.82. The number of carbonyl (C=O) groups is 1. The standard InChI is InChI=1S/C17H21NO2/c1-18-14-8-9-15(18)12-16(11-14)20-17(19)10-7-13-5-3-2-4-6-13/h2-7,10,14-16H,8-9,11-12H2,1H3/t14-,15+,16?. The van der Waals surface area contributed by atoms with Gasteiger partial charge in [0.15, 0.2) is 0 Å². The minimum Gasteiger partial charge on any atom is -0.459 e. The molecule has 2 fully saturated rings. The Morgan fingerprint density at radius 1 is 1.20 bits per heavy atom. The summed E-state index contributed by atoms with van der Waals surface area (Å²) in [5, 5.41) is 0. The highest BCUT2D eigenvalue weighted by Gasteiger charge is 2.39. The van der Waals surface area contributed by atoms with Gasteiger partial charge in [-0.2, -0.15) is 0 Å². The number of hydrogen-bond acceptors (Lipinski definition) is 3. The minimum atomic E-state index is -0.220. The zero-order valence-corrected chi connectivity index (χ0v) is 11.9. The van der Waals surface area contributed by atoms with Crippen molar-refractivity contribution in [2.75, 3.05) is 7.05 Å². The molecule has 0 saturated carbocycles. The first kappa shape index (κ1) is 13.4. The Hall–Kier alpha value is -1.61. The van der Waals surface area contributed by atoms with Crippen molar-refractivity contribution < 1.29 is 9.53 Å². The predicted molar refractivity (Wildman–Crippen MR) is 79.2 cm³/mol. The maximum atomic E-state index is 11.9. The fraction of sp³-hybridized carbons (Fsp3) is 0.471. The van der Waals surface area contributed by atoms with Crippen LogP contribution in [-0.4, -0.2) is 36.1 Å². The number of esters is 1. The molecule has 1 aromatic carbocycles. The van der Waals surface area contributed by atoms with E-state index >= 15 is 0 Å². The van der Waals surface area contributed by atoms with E-state index in [2.05, 4.69) is 11.9 Å². The summed E-state index contributed by atoms with van der Waals surface area (Å²) < 4.78 is 5.59. The molecule has 0 aliphatic carbocycles. The lowest BCUT2D eigenvalue weighted by Gasteiger charge is -2.35. The van der Waals surface area contributed by atoms with Crippen molar-refractivity contribution in [1.29, 1.82) is 0 Å². The molecule has 3 heteroatoms. The van der Waals surface area contributed by atoms with Crippen LogP contribution in [0.3, 0.4) is 0 Å². The van der Waals surface area contributed by atoms with E-state index in [1.165, 1.54) is 18.9 Å².